The lowest BCUT2D eigenvalue weighted by molar-refractivity contribution is -0.137. The SMILES string of the molecule is Cn1cc(CCC(=O)NC(CC(=O)O)c2ccc(Br)cc2)cn1. The van der Waals surface area contributed by atoms with Gasteiger partial charge in [-0.2, -0.15) is 5.10 Å². The van der Waals surface area contributed by atoms with Crippen molar-refractivity contribution >= 4 is 27.8 Å². The molecule has 7 heteroatoms. The van der Waals surface area contributed by atoms with Gasteiger partial charge in [0.05, 0.1) is 18.7 Å². The summed E-state index contributed by atoms with van der Waals surface area (Å²) < 4.78 is 2.58. The van der Waals surface area contributed by atoms with E-state index in [2.05, 4.69) is 26.3 Å². The van der Waals surface area contributed by atoms with Crippen LogP contribution >= 0.6 is 15.9 Å². The summed E-state index contributed by atoms with van der Waals surface area (Å²) >= 11 is 3.34. The second-order valence-corrected chi connectivity index (χ2v) is 6.21. The maximum atomic E-state index is 12.1. The monoisotopic (exact) mass is 379 g/mol. The predicted octanol–water partition coefficient (Wildman–Crippen LogP) is 2.45. The van der Waals surface area contributed by atoms with Crippen LogP contribution in [0.2, 0.25) is 0 Å². The fourth-order valence-corrected chi connectivity index (χ4v) is 2.51. The van der Waals surface area contributed by atoms with E-state index in [1.165, 1.54) is 0 Å². The van der Waals surface area contributed by atoms with Crippen molar-refractivity contribution in [3.05, 3.63) is 52.3 Å². The molecule has 23 heavy (non-hydrogen) atoms. The fraction of sp³-hybridized carbons (Fsp3) is 0.312. The van der Waals surface area contributed by atoms with E-state index >= 15 is 0 Å². The third-order valence-electron chi connectivity index (χ3n) is 3.39. The zero-order chi connectivity index (χ0) is 16.8. The number of halogens is 1. The molecular formula is C16H18BrN3O3. The van der Waals surface area contributed by atoms with Crippen LogP contribution in [0.3, 0.4) is 0 Å². The van der Waals surface area contributed by atoms with Crippen molar-refractivity contribution in [3.63, 3.8) is 0 Å². The number of rotatable bonds is 7. The molecule has 1 aromatic heterocycles. The number of amides is 1. The van der Waals surface area contributed by atoms with E-state index < -0.39 is 12.0 Å². The van der Waals surface area contributed by atoms with Crippen LogP contribution in [0.5, 0.6) is 0 Å². The zero-order valence-electron chi connectivity index (χ0n) is 12.7. The van der Waals surface area contributed by atoms with Crippen molar-refractivity contribution < 1.29 is 14.7 Å². The first-order valence-corrected chi connectivity index (χ1v) is 7.97. The van der Waals surface area contributed by atoms with Gasteiger partial charge in [-0.1, -0.05) is 28.1 Å². The number of carbonyl (C=O) groups is 2. The molecule has 0 spiro atoms. The summed E-state index contributed by atoms with van der Waals surface area (Å²) in [6.45, 7) is 0. The molecule has 0 fully saturated rings. The number of carboxylic acid groups (broad SMARTS) is 1. The Balaban J connectivity index is 1.97. The molecule has 0 radical (unpaired) electrons. The average molecular weight is 380 g/mol. The van der Waals surface area contributed by atoms with Crippen LogP contribution in [-0.2, 0) is 23.1 Å². The van der Waals surface area contributed by atoms with Gasteiger partial charge in [0.2, 0.25) is 5.91 Å². The summed E-state index contributed by atoms with van der Waals surface area (Å²) in [5.74, 6) is -1.13. The number of aliphatic carboxylic acids is 1. The molecule has 2 rings (SSSR count). The molecule has 1 aromatic carbocycles. The van der Waals surface area contributed by atoms with E-state index in [0.717, 1.165) is 15.6 Å². The quantitative estimate of drug-likeness (QED) is 0.773. The third kappa shape index (κ3) is 5.52. The molecule has 0 saturated carbocycles. The molecule has 0 saturated heterocycles. The van der Waals surface area contributed by atoms with E-state index in [9.17, 15) is 9.59 Å². The van der Waals surface area contributed by atoms with E-state index in [1.54, 1.807) is 23.0 Å². The topological polar surface area (TPSA) is 84.2 Å². The van der Waals surface area contributed by atoms with Crippen LogP contribution in [0.25, 0.3) is 0 Å². The Morgan fingerprint density at radius 2 is 2.04 bits per heavy atom. The number of aromatic nitrogens is 2. The summed E-state index contributed by atoms with van der Waals surface area (Å²) in [7, 11) is 1.82. The second-order valence-electron chi connectivity index (χ2n) is 5.29. The molecule has 6 nitrogen and oxygen atoms in total. The summed E-state index contributed by atoms with van der Waals surface area (Å²) in [5.41, 5.74) is 1.74. The summed E-state index contributed by atoms with van der Waals surface area (Å²) in [4.78, 5) is 23.2. The highest BCUT2D eigenvalue weighted by Gasteiger charge is 2.18. The van der Waals surface area contributed by atoms with Crippen molar-refractivity contribution in [2.24, 2.45) is 7.05 Å². The lowest BCUT2D eigenvalue weighted by Crippen LogP contribution is -2.30. The van der Waals surface area contributed by atoms with E-state index in [1.807, 2.05) is 25.4 Å². The van der Waals surface area contributed by atoms with Crippen LogP contribution < -0.4 is 5.32 Å². The van der Waals surface area contributed by atoms with Crippen LogP contribution in [0.15, 0.2) is 41.1 Å². The predicted molar refractivity (Wildman–Crippen MR) is 88.8 cm³/mol. The van der Waals surface area contributed by atoms with Crippen molar-refractivity contribution in [1.29, 1.82) is 0 Å². The van der Waals surface area contributed by atoms with Gasteiger partial charge < -0.3 is 10.4 Å². The van der Waals surface area contributed by atoms with E-state index in [-0.39, 0.29) is 12.3 Å². The number of benzene rings is 1. The highest BCUT2D eigenvalue weighted by molar-refractivity contribution is 9.10. The van der Waals surface area contributed by atoms with Gasteiger partial charge in [-0.15, -0.1) is 0 Å². The molecule has 1 amide bonds. The number of hydrogen-bond acceptors (Lipinski definition) is 3. The minimum atomic E-state index is -0.953. The fourth-order valence-electron chi connectivity index (χ4n) is 2.25. The van der Waals surface area contributed by atoms with Gasteiger partial charge in [0.15, 0.2) is 0 Å². The van der Waals surface area contributed by atoms with Gasteiger partial charge >= 0.3 is 5.97 Å². The minimum absolute atomic E-state index is 0.153. The highest BCUT2D eigenvalue weighted by Crippen LogP contribution is 2.20. The lowest BCUT2D eigenvalue weighted by atomic mass is 10.0. The Kier molecular flexibility index (Phi) is 5.92. The summed E-state index contributed by atoms with van der Waals surface area (Å²) in [6, 6.07) is 6.72. The third-order valence-corrected chi connectivity index (χ3v) is 3.91. The Bertz CT molecular complexity index is 682. The van der Waals surface area contributed by atoms with Gasteiger partial charge in [-0.3, -0.25) is 14.3 Å². The molecule has 2 N–H and O–H groups in total. The zero-order valence-corrected chi connectivity index (χ0v) is 14.3. The Labute approximate surface area is 142 Å². The molecule has 0 aliphatic carbocycles. The Morgan fingerprint density at radius 1 is 1.35 bits per heavy atom. The highest BCUT2D eigenvalue weighted by atomic mass is 79.9. The first-order valence-electron chi connectivity index (χ1n) is 7.18. The summed E-state index contributed by atoms with van der Waals surface area (Å²) in [6.07, 6.45) is 4.28. The summed E-state index contributed by atoms with van der Waals surface area (Å²) in [5, 5.41) is 15.9. The molecule has 0 aliphatic rings. The van der Waals surface area contributed by atoms with Gasteiger partial charge in [0.25, 0.3) is 0 Å². The van der Waals surface area contributed by atoms with Crippen LogP contribution in [0.4, 0.5) is 0 Å². The number of aryl methyl sites for hydroxylation is 2. The molecule has 1 unspecified atom stereocenters. The number of nitrogens with one attached hydrogen (secondary N) is 1. The molecular weight excluding hydrogens is 362 g/mol. The maximum Gasteiger partial charge on any atom is 0.305 e. The molecule has 122 valence electrons. The van der Waals surface area contributed by atoms with Crippen molar-refractivity contribution in [2.45, 2.75) is 25.3 Å². The van der Waals surface area contributed by atoms with Gasteiger partial charge in [0, 0.05) is 24.1 Å². The molecule has 1 heterocycles. The Morgan fingerprint density at radius 3 is 2.61 bits per heavy atom. The van der Waals surface area contributed by atoms with Crippen LogP contribution in [0.1, 0.15) is 30.0 Å². The lowest BCUT2D eigenvalue weighted by Gasteiger charge is -2.17. The number of carbonyl (C=O) groups excluding carboxylic acids is 1. The number of hydrogen-bond donors (Lipinski definition) is 2. The normalized spacial score (nSPS) is 11.9. The second kappa shape index (κ2) is 7.92. The first-order chi connectivity index (χ1) is 10.9. The van der Waals surface area contributed by atoms with Crippen LogP contribution in [0, 0.1) is 0 Å². The van der Waals surface area contributed by atoms with Gasteiger partial charge in [0.1, 0.15) is 0 Å². The molecule has 0 aliphatic heterocycles. The number of nitrogens with zero attached hydrogens (tertiary/aromatic N) is 2. The van der Waals surface area contributed by atoms with E-state index in [0.29, 0.717) is 12.8 Å². The van der Waals surface area contributed by atoms with Crippen molar-refractivity contribution in [1.82, 2.24) is 15.1 Å². The average Bonchev–Trinajstić information content (AvgIpc) is 2.90. The molecule has 1 atom stereocenters. The Hall–Kier alpha value is -2.15. The molecule has 0 bridgehead atoms. The van der Waals surface area contributed by atoms with Crippen molar-refractivity contribution in [3.8, 4) is 0 Å². The van der Waals surface area contributed by atoms with E-state index in [4.69, 9.17) is 5.11 Å². The van der Waals surface area contributed by atoms with Gasteiger partial charge in [-0.05, 0) is 29.7 Å². The minimum Gasteiger partial charge on any atom is -0.481 e. The largest absolute Gasteiger partial charge is 0.481 e. The van der Waals surface area contributed by atoms with Crippen molar-refractivity contribution in [2.75, 3.05) is 0 Å². The number of carboxylic acids is 1. The molecule has 2 aromatic rings. The maximum absolute atomic E-state index is 12.1. The smallest absolute Gasteiger partial charge is 0.305 e. The van der Waals surface area contributed by atoms with Crippen LogP contribution in [-0.4, -0.2) is 26.8 Å². The standard InChI is InChI=1S/C16H18BrN3O3/c1-20-10-11(9-18-20)2-7-15(21)19-14(8-16(22)23)12-3-5-13(17)6-4-12/h3-6,9-10,14H,2,7-8H2,1H3,(H,19,21)(H,22,23). The van der Waals surface area contributed by atoms with Gasteiger partial charge in [-0.25, -0.2) is 0 Å². The first kappa shape index (κ1) is 17.2.